The molecule has 1 amide bonds. The minimum absolute atomic E-state index is 0.0248. The summed E-state index contributed by atoms with van der Waals surface area (Å²) >= 11 is 0. The zero-order valence-corrected chi connectivity index (χ0v) is 21.0. The minimum Gasteiger partial charge on any atom is -0.462 e. The average Bonchev–Trinajstić information content (AvgIpc) is 2.93. The molecule has 0 aromatic carbocycles. The molecule has 5 rings (SSSR count). The van der Waals surface area contributed by atoms with E-state index < -0.39 is 5.97 Å². The van der Waals surface area contributed by atoms with Crippen LogP contribution in [-0.4, -0.2) is 70.7 Å². The number of esters is 1. The van der Waals surface area contributed by atoms with Crippen molar-refractivity contribution < 1.29 is 19.1 Å². The molecule has 2 fully saturated rings. The smallest absolute Gasteiger partial charge is 0.341 e. The van der Waals surface area contributed by atoms with Crippen molar-refractivity contribution in [3.05, 3.63) is 42.2 Å². The molecule has 3 aromatic heterocycles. The van der Waals surface area contributed by atoms with Crippen LogP contribution in [0.25, 0.3) is 22.3 Å². The Hall–Kier alpha value is -3.79. The second-order valence-corrected chi connectivity index (χ2v) is 9.43. The SMILES string of the molecule is CCOC(=O)c1cnc2ccc(-c3ccnc(N)c3)nc2c1NC1CCC(C(=O)N2CCOCC2)CC1. The molecule has 10 nitrogen and oxygen atoms in total. The lowest BCUT2D eigenvalue weighted by atomic mass is 9.85. The summed E-state index contributed by atoms with van der Waals surface area (Å²) in [6.45, 7) is 4.58. The van der Waals surface area contributed by atoms with Crippen LogP contribution in [0.2, 0.25) is 0 Å². The maximum Gasteiger partial charge on any atom is 0.341 e. The van der Waals surface area contributed by atoms with Crippen LogP contribution in [0.4, 0.5) is 11.5 Å². The molecule has 10 heteroatoms. The van der Waals surface area contributed by atoms with Crippen LogP contribution in [-0.2, 0) is 14.3 Å². The molecule has 2 aliphatic rings. The van der Waals surface area contributed by atoms with Crippen LogP contribution in [0.1, 0.15) is 43.0 Å². The molecule has 0 spiro atoms. The molecule has 1 saturated heterocycles. The van der Waals surface area contributed by atoms with Gasteiger partial charge >= 0.3 is 5.97 Å². The first-order valence-electron chi connectivity index (χ1n) is 12.9. The maximum atomic E-state index is 13.0. The Bertz CT molecular complexity index is 1290. The number of carbonyl (C=O) groups is 2. The van der Waals surface area contributed by atoms with E-state index in [-0.39, 0.29) is 24.5 Å². The number of anilines is 2. The van der Waals surface area contributed by atoms with E-state index in [9.17, 15) is 9.59 Å². The summed E-state index contributed by atoms with van der Waals surface area (Å²) in [4.78, 5) is 41.1. The van der Waals surface area contributed by atoms with E-state index in [1.54, 1.807) is 25.4 Å². The van der Waals surface area contributed by atoms with Crippen LogP contribution >= 0.6 is 0 Å². The number of fused-ring (bicyclic) bond motifs is 1. The van der Waals surface area contributed by atoms with Gasteiger partial charge in [-0.05, 0) is 56.9 Å². The van der Waals surface area contributed by atoms with E-state index >= 15 is 0 Å². The standard InChI is InChI=1S/C27H32N6O4/c1-2-37-27(35)20-16-30-22-8-7-21(18-9-10-29-23(28)15-18)32-25(22)24(20)31-19-5-3-17(4-6-19)26(34)33-11-13-36-14-12-33/h7-10,15-17,19H,2-6,11-14H2,1H3,(H2,28,29)(H,30,31). The fourth-order valence-corrected chi connectivity index (χ4v) is 5.08. The number of nitrogens with zero attached hydrogens (tertiary/aromatic N) is 4. The number of pyridine rings is 3. The van der Waals surface area contributed by atoms with Gasteiger partial charge in [-0.3, -0.25) is 9.78 Å². The van der Waals surface area contributed by atoms with Crippen molar-refractivity contribution in [3.63, 3.8) is 0 Å². The molecule has 0 radical (unpaired) electrons. The van der Waals surface area contributed by atoms with Gasteiger partial charge in [0, 0.05) is 43.0 Å². The molecule has 3 N–H and O–H groups in total. The Kier molecular flexibility index (Phi) is 7.45. The highest BCUT2D eigenvalue weighted by Crippen LogP contribution is 2.33. The summed E-state index contributed by atoms with van der Waals surface area (Å²) in [5.74, 6) is 0.207. The van der Waals surface area contributed by atoms with Crippen LogP contribution in [0, 0.1) is 5.92 Å². The van der Waals surface area contributed by atoms with Gasteiger partial charge in [0.05, 0.1) is 36.7 Å². The van der Waals surface area contributed by atoms with Crippen LogP contribution in [0.15, 0.2) is 36.7 Å². The normalized spacial score (nSPS) is 20.0. The summed E-state index contributed by atoms with van der Waals surface area (Å²) < 4.78 is 10.7. The van der Waals surface area contributed by atoms with Gasteiger partial charge in [0.15, 0.2) is 0 Å². The number of aromatic nitrogens is 3. The zero-order chi connectivity index (χ0) is 25.8. The third-order valence-electron chi connectivity index (χ3n) is 7.03. The summed E-state index contributed by atoms with van der Waals surface area (Å²) in [6, 6.07) is 7.45. The Balaban J connectivity index is 1.41. The number of nitrogens with one attached hydrogen (secondary N) is 1. The number of morpholine rings is 1. The first-order chi connectivity index (χ1) is 18.0. The second kappa shape index (κ2) is 11.1. The topological polar surface area (TPSA) is 133 Å². The number of hydrogen-bond donors (Lipinski definition) is 2. The average molecular weight is 505 g/mol. The van der Waals surface area contributed by atoms with Crippen LogP contribution < -0.4 is 11.1 Å². The van der Waals surface area contributed by atoms with Crippen molar-refractivity contribution in [2.75, 3.05) is 44.0 Å². The lowest BCUT2D eigenvalue weighted by molar-refractivity contribution is -0.140. The van der Waals surface area contributed by atoms with Gasteiger partial charge in [-0.15, -0.1) is 0 Å². The lowest BCUT2D eigenvalue weighted by Crippen LogP contribution is -2.45. The lowest BCUT2D eigenvalue weighted by Gasteiger charge is -2.34. The van der Waals surface area contributed by atoms with E-state index in [0.717, 1.165) is 31.2 Å². The molecular formula is C27H32N6O4. The molecule has 3 aromatic rings. The Labute approximate surface area is 215 Å². The van der Waals surface area contributed by atoms with Gasteiger partial charge < -0.3 is 25.4 Å². The minimum atomic E-state index is -0.448. The predicted octanol–water partition coefficient (Wildman–Crippen LogP) is 3.28. The molecule has 194 valence electrons. The molecule has 1 aliphatic heterocycles. The monoisotopic (exact) mass is 504 g/mol. The van der Waals surface area contributed by atoms with Gasteiger partial charge in [0.25, 0.3) is 0 Å². The number of carbonyl (C=O) groups excluding carboxylic acids is 2. The Morgan fingerprint density at radius 1 is 1.14 bits per heavy atom. The van der Waals surface area contributed by atoms with Crippen molar-refractivity contribution in [2.45, 2.75) is 38.6 Å². The van der Waals surface area contributed by atoms with E-state index in [2.05, 4.69) is 15.3 Å². The third kappa shape index (κ3) is 5.48. The molecule has 0 atom stereocenters. The van der Waals surface area contributed by atoms with Crippen LogP contribution in [0.3, 0.4) is 0 Å². The molecule has 4 heterocycles. The third-order valence-corrected chi connectivity index (χ3v) is 7.03. The maximum absolute atomic E-state index is 13.0. The largest absolute Gasteiger partial charge is 0.462 e. The van der Waals surface area contributed by atoms with Gasteiger partial charge in [0.2, 0.25) is 5.91 Å². The van der Waals surface area contributed by atoms with Gasteiger partial charge in [-0.25, -0.2) is 14.8 Å². The van der Waals surface area contributed by atoms with Gasteiger partial charge in [0.1, 0.15) is 16.9 Å². The predicted molar refractivity (Wildman–Crippen MR) is 140 cm³/mol. The highest BCUT2D eigenvalue weighted by molar-refractivity contribution is 6.04. The van der Waals surface area contributed by atoms with Crippen molar-refractivity contribution in [1.29, 1.82) is 0 Å². The number of hydrogen-bond acceptors (Lipinski definition) is 9. The fourth-order valence-electron chi connectivity index (χ4n) is 5.08. The summed E-state index contributed by atoms with van der Waals surface area (Å²) in [5, 5.41) is 3.58. The van der Waals surface area contributed by atoms with Crippen molar-refractivity contribution >= 4 is 34.4 Å². The van der Waals surface area contributed by atoms with Crippen molar-refractivity contribution in [3.8, 4) is 11.3 Å². The summed E-state index contributed by atoms with van der Waals surface area (Å²) in [5.41, 5.74) is 9.61. The first kappa shape index (κ1) is 24.9. The van der Waals surface area contributed by atoms with Gasteiger partial charge in [-0.2, -0.15) is 0 Å². The molecule has 37 heavy (non-hydrogen) atoms. The number of nitrogen functional groups attached to an aromatic ring is 1. The van der Waals surface area contributed by atoms with E-state index in [1.807, 2.05) is 23.1 Å². The highest BCUT2D eigenvalue weighted by Gasteiger charge is 2.31. The number of rotatable bonds is 6. The Morgan fingerprint density at radius 2 is 1.92 bits per heavy atom. The second-order valence-electron chi connectivity index (χ2n) is 9.43. The van der Waals surface area contributed by atoms with Gasteiger partial charge in [-0.1, -0.05) is 0 Å². The Morgan fingerprint density at radius 3 is 2.65 bits per heavy atom. The molecule has 1 saturated carbocycles. The first-order valence-corrected chi connectivity index (χ1v) is 12.9. The van der Waals surface area contributed by atoms with E-state index in [1.165, 1.54) is 0 Å². The van der Waals surface area contributed by atoms with E-state index in [0.29, 0.717) is 60.1 Å². The van der Waals surface area contributed by atoms with Crippen molar-refractivity contribution in [1.82, 2.24) is 19.9 Å². The summed E-state index contributed by atoms with van der Waals surface area (Å²) in [6.07, 6.45) is 6.39. The number of nitrogens with two attached hydrogens (primary N) is 1. The number of amides is 1. The molecular weight excluding hydrogens is 472 g/mol. The molecule has 1 aliphatic carbocycles. The van der Waals surface area contributed by atoms with Crippen molar-refractivity contribution in [2.24, 2.45) is 5.92 Å². The quantitative estimate of drug-likeness (QED) is 0.485. The summed E-state index contributed by atoms with van der Waals surface area (Å²) in [7, 11) is 0. The number of ether oxygens (including phenoxy) is 2. The van der Waals surface area contributed by atoms with Crippen LogP contribution in [0.5, 0.6) is 0 Å². The molecule has 0 unspecified atom stereocenters. The zero-order valence-electron chi connectivity index (χ0n) is 21.0. The molecule has 0 bridgehead atoms. The van der Waals surface area contributed by atoms with E-state index in [4.69, 9.17) is 20.2 Å². The highest BCUT2D eigenvalue weighted by atomic mass is 16.5. The fraction of sp³-hybridized carbons (Fsp3) is 0.444.